The Kier molecular flexibility index (Phi) is 8.89. The summed E-state index contributed by atoms with van der Waals surface area (Å²) in [6.45, 7) is 6.88. The molecule has 7 nitrogen and oxygen atoms in total. The number of nitrogens with zero attached hydrogens (tertiary/aromatic N) is 3. The highest BCUT2D eigenvalue weighted by Crippen LogP contribution is 2.30. The third kappa shape index (κ3) is 6.88. The molecule has 1 aromatic heterocycles. The first-order chi connectivity index (χ1) is 17.0. The molecule has 188 valence electrons. The Morgan fingerprint density at radius 3 is 2.63 bits per heavy atom. The fraction of sp³-hybridized carbons (Fsp3) is 0.462. The van der Waals surface area contributed by atoms with E-state index in [1.165, 1.54) is 16.9 Å². The van der Waals surface area contributed by atoms with Crippen LogP contribution in [0.25, 0.3) is 10.2 Å². The van der Waals surface area contributed by atoms with E-state index in [1.54, 1.807) is 35.2 Å². The molecule has 1 fully saturated rings. The second-order valence-corrected chi connectivity index (χ2v) is 11.9. The van der Waals surface area contributed by atoms with Crippen LogP contribution in [0, 0.1) is 0 Å². The van der Waals surface area contributed by atoms with Gasteiger partial charge < -0.3 is 4.74 Å². The summed E-state index contributed by atoms with van der Waals surface area (Å²) < 4.78 is 31.7. The van der Waals surface area contributed by atoms with Crippen LogP contribution >= 0.6 is 11.3 Å². The number of rotatable bonds is 11. The number of aryl methyl sites for hydroxylation is 1. The Balaban J connectivity index is 1.44. The fourth-order valence-corrected chi connectivity index (χ4v) is 6.59. The van der Waals surface area contributed by atoms with Gasteiger partial charge in [0.2, 0.25) is 5.91 Å². The van der Waals surface area contributed by atoms with Gasteiger partial charge in [-0.05, 0) is 49.1 Å². The number of carbonyl (C=O) groups is 1. The maximum absolute atomic E-state index is 13.3. The number of fused-ring (bicyclic) bond motifs is 1. The second kappa shape index (κ2) is 12.1. The number of hydrogen-bond donors (Lipinski definition) is 0. The molecule has 0 N–H and O–H groups in total. The summed E-state index contributed by atoms with van der Waals surface area (Å²) in [5.74, 6) is -0.130. The standard InChI is InChI=1S/C26H33N3O4S2/c1-2-21-11-12-23-24(20-21)34-26(27-23)29(14-7-13-28-15-17-33-18-16-28)25(30)10-6-19-35(31,32)22-8-4-3-5-9-22/h3-5,8-9,11-12,20H,2,6-7,10,13-19H2,1H3. The number of ether oxygens (including phenoxy) is 1. The number of thiazole rings is 1. The highest BCUT2D eigenvalue weighted by Gasteiger charge is 2.22. The van der Waals surface area contributed by atoms with Gasteiger partial charge in [0, 0.05) is 32.6 Å². The highest BCUT2D eigenvalue weighted by molar-refractivity contribution is 7.91. The molecule has 9 heteroatoms. The van der Waals surface area contributed by atoms with Gasteiger partial charge in [-0.3, -0.25) is 14.6 Å². The molecule has 0 saturated carbocycles. The quantitative estimate of drug-likeness (QED) is 0.381. The van der Waals surface area contributed by atoms with Gasteiger partial charge >= 0.3 is 0 Å². The normalized spacial score (nSPS) is 14.9. The number of anilines is 1. The van der Waals surface area contributed by atoms with Crippen molar-refractivity contribution in [1.29, 1.82) is 0 Å². The van der Waals surface area contributed by atoms with Crippen molar-refractivity contribution in [2.75, 3.05) is 50.0 Å². The first-order valence-corrected chi connectivity index (χ1v) is 14.7. The Morgan fingerprint density at radius 1 is 1.11 bits per heavy atom. The minimum Gasteiger partial charge on any atom is -0.379 e. The molecule has 1 aliphatic heterocycles. The van der Waals surface area contributed by atoms with Gasteiger partial charge in [0.1, 0.15) is 0 Å². The first kappa shape index (κ1) is 25.8. The van der Waals surface area contributed by atoms with E-state index in [0.717, 1.165) is 55.9 Å². The Labute approximate surface area is 211 Å². The summed E-state index contributed by atoms with van der Waals surface area (Å²) >= 11 is 1.53. The lowest BCUT2D eigenvalue weighted by molar-refractivity contribution is -0.118. The molecule has 1 aliphatic rings. The van der Waals surface area contributed by atoms with Gasteiger partial charge in [0.25, 0.3) is 0 Å². The van der Waals surface area contributed by atoms with Gasteiger partial charge in [-0.15, -0.1) is 0 Å². The molecule has 0 unspecified atom stereocenters. The maximum Gasteiger partial charge on any atom is 0.228 e. The van der Waals surface area contributed by atoms with Crippen LogP contribution in [0.15, 0.2) is 53.4 Å². The largest absolute Gasteiger partial charge is 0.379 e. The molecular formula is C26H33N3O4S2. The minimum atomic E-state index is -3.41. The van der Waals surface area contributed by atoms with Crippen LogP contribution < -0.4 is 4.90 Å². The smallest absolute Gasteiger partial charge is 0.228 e. The minimum absolute atomic E-state index is 0.0515. The summed E-state index contributed by atoms with van der Waals surface area (Å²) in [6, 6.07) is 14.6. The molecule has 0 radical (unpaired) electrons. The van der Waals surface area contributed by atoms with Crippen LogP contribution in [-0.2, 0) is 25.8 Å². The average Bonchev–Trinajstić information content (AvgIpc) is 3.30. The maximum atomic E-state index is 13.3. The molecule has 3 aromatic rings. The van der Waals surface area contributed by atoms with Gasteiger partial charge in [-0.2, -0.15) is 0 Å². The first-order valence-electron chi connectivity index (χ1n) is 12.2. The van der Waals surface area contributed by atoms with Crippen LogP contribution in [0.3, 0.4) is 0 Å². The van der Waals surface area contributed by atoms with Crippen LogP contribution in [0.2, 0.25) is 0 Å². The summed E-state index contributed by atoms with van der Waals surface area (Å²) in [4.78, 5) is 22.5. The molecule has 2 aromatic carbocycles. The summed E-state index contributed by atoms with van der Waals surface area (Å²) in [5.41, 5.74) is 2.13. The number of morpholine rings is 1. The highest BCUT2D eigenvalue weighted by atomic mass is 32.2. The third-order valence-corrected chi connectivity index (χ3v) is 9.11. The number of aromatic nitrogens is 1. The van der Waals surface area contributed by atoms with Crippen molar-refractivity contribution in [1.82, 2.24) is 9.88 Å². The predicted octanol–water partition coefficient (Wildman–Crippen LogP) is 4.17. The molecule has 4 rings (SSSR count). The number of carbonyl (C=O) groups excluding carboxylic acids is 1. The van der Waals surface area contributed by atoms with Gasteiger partial charge in [-0.25, -0.2) is 13.4 Å². The van der Waals surface area contributed by atoms with Gasteiger partial charge in [-0.1, -0.05) is 42.5 Å². The van der Waals surface area contributed by atoms with Crippen LogP contribution in [0.5, 0.6) is 0 Å². The van der Waals surface area contributed by atoms with Gasteiger partial charge in [0.05, 0.1) is 34.1 Å². The van der Waals surface area contributed by atoms with Crippen molar-refractivity contribution in [3.63, 3.8) is 0 Å². The molecule has 35 heavy (non-hydrogen) atoms. The third-order valence-electron chi connectivity index (χ3n) is 6.25. The molecule has 2 heterocycles. The number of amides is 1. The predicted molar refractivity (Wildman–Crippen MR) is 141 cm³/mol. The van der Waals surface area contributed by atoms with Gasteiger partial charge in [0.15, 0.2) is 15.0 Å². The van der Waals surface area contributed by atoms with Crippen LogP contribution in [0.4, 0.5) is 5.13 Å². The second-order valence-electron chi connectivity index (χ2n) is 8.74. The van der Waals surface area contributed by atoms with Crippen molar-refractivity contribution in [3.05, 3.63) is 54.1 Å². The van der Waals surface area contributed by atoms with Crippen LogP contribution in [-0.4, -0.2) is 69.4 Å². The summed E-state index contributed by atoms with van der Waals surface area (Å²) in [6.07, 6.45) is 2.21. The van der Waals surface area contributed by atoms with Crippen molar-refractivity contribution in [2.24, 2.45) is 0 Å². The van der Waals surface area contributed by atoms with E-state index in [-0.39, 0.29) is 24.5 Å². The lowest BCUT2D eigenvalue weighted by Gasteiger charge is -2.27. The molecule has 0 atom stereocenters. The van der Waals surface area contributed by atoms with E-state index >= 15 is 0 Å². The van der Waals surface area contributed by atoms with E-state index in [9.17, 15) is 13.2 Å². The number of benzene rings is 2. The number of hydrogen-bond acceptors (Lipinski definition) is 7. The fourth-order valence-electron chi connectivity index (χ4n) is 4.19. The molecule has 0 spiro atoms. The van der Waals surface area contributed by atoms with E-state index in [4.69, 9.17) is 9.72 Å². The number of sulfone groups is 1. The van der Waals surface area contributed by atoms with Crippen LogP contribution in [0.1, 0.15) is 31.7 Å². The van der Waals surface area contributed by atoms with Crippen molar-refractivity contribution in [2.45, 2.75) is 37.5 Å². The topological polar surface area (TPSA) is 79.8 Å². The van der Waals surface area contributed by atoms with E-state index < -0.39 is 9.84 Å². The summed E-state index contributed by atoms with van der Waals surface area (Å²) in [7, 11) is -3.41. The zero-order chi connectivity index (χ0) is 24.7. The Hall–Kier alpha value is -2.33. The Bertz CT molecular complexity index is 1220. The van der Waals surface area contributed by atoms with E-state index in [1.807, 2.05) is 6.07 Å². The van der Waals surface area contributed by atoms with Crippen molar-refractivity contribution < 1.29 is 17.9 Å². The Morgan fingerprint density at radius 2 is 1.89 bits per heavy atom. The lowest BCUT2D eigenvalue weighted by atomic mass is 10.2. The molecule has 1 saturated heterocycles. The van der Waals surface area contributed by atoms with Crippen molar-refractivity contribution >= 4 is 42.4 Å². The molecule has 0 bridgehead atoms. The average molecular weight is 516 g/mol. The monoisotopic (exact) mass is 515 g/mol. The zero-order valence-electron chi connectivity index (χ0n) is 20.2. The van der Waals surface area contributed by atoms with E-state index in [0.29, 0.717) is 16.6 Å². The zero-order valence-corrected chi connectivity index (χ0v) is 21.8. The summed E-state index contributed by atoms with van der Waals surface area (Å²) in [5, 5.41) is 0.686. The molecule has 1 amide bonds. The molecule has 0 aliphatic carbocycles. The van der Waals surface area contributed by atoms with Crippen molar-refractivity contribution in [3.8, 4) is 0 Å². The molecular weight excluding hydrogens is 482 g/mol. The lowest BCUT2D eigenvalue weighted by Crippen LogP contribution is -2.39. The van der Waals surface area contributed by atoms with E-state index in [2.05, 4.69) is 24.0 Å². The SMILES string of the molecule is CCc1ccc2nc(N(CCCN3CCOCC3)C(=O)CCCS(=O)(=O)c3ccccc3)sc2c1.